The van der Waals surface area contributed by atoms with Crippen LogP contribution in [0.5, 0.6) is 5.75 Å². The normalized spacial score (nSPS) is 13.8. The second kappa shape index (κ2) is 9.61. The molecular weight excluding hydrogens is 411 g/mol. The van der Waals surface area contributed by atoms with Crippen molar-refractivity contribution in [3.05, 3.63) is 58.1 Å². The molecule has 0 aliphatic rings. The van der Waals surface area contributed by atoms with Crippen molar-refractivity contribution in [1.82, 2.24) is 5.32 Å². The van der Waals surface area contributed by atoms with E-state index in [4.69, 9.17) is 27.9 Å². The highest BCUT2D eigenvalue weighted by Crippen LogP contribution is 2.26. The molecule has 0 saturated heterocycles. The van der Waals surface area contributed by atoms with E-state index < -0.39 is 22.4 Å². The van der Waals surface area contributed by atoms with E-state index in [1.54, 1.807) is 43.3 Å². The lowest BCUT2D eigenvalue weighted by Gasteiger charge is -2.24. The molecule has 27 heavy (non-hydrogen) atoms. The van der Waals surface area contributed by atoms with Crippen LogP contribution >= 0.6 is 23.2 Å². The zero-order valence-electron chi connectivity index (χ0n) is 14.9. The van der Waals surface area contributed by atoms with Gasteiger partial charge in [0.05, 0.1) is 22.0 Å². The average Bonchev–Trinajstić information content (AvgIpc) is 2.57. The van der Waals surface area contributed by atoms with Gasteiger partial charge in [0.25, 0.3) is 0 Å². The van der Waals surface area contributed by atoms with Gasteiger partial charge < -0.3 is 9.84 Å². The van der Waals surface area contributed by atoms with Crippen molar-refractivity contribution in [2.24, 2.45) is 0 Å². The first-order chi connectivity index (χ1) is 12.7. The van der Waals surface area contributed by atoms with Gasteiger partial charge in [-0.1, -0.05) is 41.4 Å². The van der Waals surface area contributed by atoms with E-state index in [0.717, 1.165) is 11.8 Å². The molecule has 0 heterocycles. The molecule has 0 aliphatic carbocycles. The Morgan fingerprint density at radius 2 is 1.85 bits per heavy atom. The van der Waals surface area contributed by atoms with Gasteiger partial charge in [0.15, 0.2) is 6.23 Å². The molecule has 2 aromatic carbocycles. The van der Waals surface area contributed by atoms with Crippen LogP contribution in [0.1, 0.15) is 12.5 Å². The average molecular weight is 433 g/mol. The van der Waals surface area contributed by atoms with E-state index in [-0.39, 0.29) is 0 Å². The summed E-state index contributed by atoms with van der Waals surface area (Å²) in [6, 6.07) is 12.0. The van der Waals surface area contributed by atoms with Crippen LogP contribution in [-0.2, 0) is 16.4 Å². The van der Waals surface area contributed by atoms with Crippen molar-refractivity contribution in [1.29, 1.82) is 0 Å². The number of aliphatic hydroxyl groups excluding tert-OH is 1. The van der Waals surface area contributed by atoms with Gasteiger partial charge in [-0.25, -0.2) is 8.42 Å². The maximum absolute atomic E-state index is 11.5. The predicted octanol–water partition coefficient (Wildman–Crippen LogP) is 3.28. The smallest absolute Gasteiger partial charge is 0.229 e. The van der Waals surface area contributed by atoms with Crippen LogP contribution in [0, 0.1) is 0 Å². The van der Waals surface area contributed by atoms with Crippen molar-refractivity contribution in [3.63, 3.8) is 0 Å². The number of halogens is 2. The number of sulfonamides is 1. The number of anilines is 1. The van der Waals surface area contributed by atoms with E-state index in [0.29, 0.717) is 34.4 Å². The highest BCUT2D eigenvalue weighted by Gasteiger charge is 2.18. The van der Waals surface area contributed by atoms with Crippen LogP contribution in [0.4, 0.5) is 5.69 Å². The van der Waals surface area contributed by atoms with E-state index in [1.807, 2.05) is 6.07 Å². The summed E-state index contributed by atoms with van der Waals surface area (Å²) in [6.45, 7) is 2.10. The van der Waals surface area contributed by atoms with Gasteiger partial charge in [0, 0.05) is 6.54 Å². The number of benzene rings is 2. The van der Waals surface area contributed by atoms with Gasteiger partial charge in [-0.3, -0.25) is 10.0 Å². The molecule has 0 aromatic heterocycles. The summed E-state index contributed by atoms with van der Waals surface area (Å²) in [5, 5.41) is 14.1. The highest BCUT2D eigenvalue weighted by atomic mass is 35.5. The summed E-state index contributed by atoms with van der Waals surface area (Å²) in [5.74, 6) is 0.316. The molecule has 0 spiro atoms. The topological polar surface area (TPSA) is 87.7 Å². The van der Waals surface area contributed by atoms with E-state index in [2.05, 4.69) is 10.0 Å². The second-order valence-corrected chi connectivity index (χ2v) is 8.66. The second-order valence-electron chi connectivity index (χ2n) is 6.10. The number of aliphatic hydroxyl groups is 1. The summed E-state index contributed by atoms with van der Waals surface area (Å²) in [7, 11) is -3.45. The summed E-state index contributed by atoms with van der Waals surface area (Å²) in [5.41, 5.74) is 1.29. The lowest BCUT2D eigenvalue weighted by molar-refractivity contribution is 0.0279. The van der Waals surface area contributed by atoms with E-state index in [9.17, 15) is 13.5 Å². The number of hydrogen-bond acceptors (Lipinski definition) is 5. The van der Waals surface area contributed by atoms with Crippen LogP contribution in [0.3, 0.4) is 0 Å². The molecule has 2 rings (SSSR count). The Morgan fingerprint density at radius 3 is 2.48 bits per heavy atom. The largest absolute Gasteiger partial charge is 0.470 e. The Bertz CT molecular complexity index is 875. The van der Waals surface area contributed by atoms with E-state index >= 15 is 0 Å². The quantitative estimate of drug-likeness (QED) is 0.529. The third kappa shape index (κ3) is 7.20. The molecule has 9 heteroatoms. The van der Waals surface area contributed by atoms with Gasteiger partial charge in [0.2, 0.25) is 10.0 Å². The van der Waals surface area contributed by atoms with Crippen LogP contribution < -0.4 is 14.8 Å². The molecule has 0 radical (unpaired) electrons. The monoisotopic (exact) mass is 432 g/mol. The molecule has 3 N–H and O–H groups in total. The minimum Gasteiger partial charge on any atom is -0.470 e. The minimum atomic E-state index is -3.45. The molecule has 148 valence electrons. The van der Waals surface area contributed by atoms with Crippen molar-refractivity contribution < 1.29 is 18.3 Å². The Balaban J connectivity index is 2.02. The van der Waals surface area contributed by atoms with Gasteiger partial charge in [-0.15, -0.1) is 0 Å². The molecule has 0 saturated carbocycles. The first-order valence-corrected chi connectivity index (χ1v) is 10.9. The molecule has 0 fully saturated rings. The maximum Gasteiger partial charge on any atom is 0.229 e. The summed E-state index contributed by atoms with van der Waals surface area (Å²) in [4.78, 5) is 0. The third-order valence-corrected chi connectivity index (χ3v) is 4.95. The lowest BCUT2D eigenvalue weighted by atomic mass is 10.1. The molecule has 0 aliphatic heterocycles. The van der Waals surface area contributed by atoms with Crippen LogP contribution in [0.2, 0.25) is 10.0 Å². The number of nitrogens with one attached hydrogen (secondary N) is 2. The van der Waals surface area contributed by atoms with Crippen molar-refractivity contribution in [2.45, 2.75) is 25.7 Å². The van der Waals surface area contributed by atoms with Crippen LogP contribution in [0.15, 0.2) is 42.5 Å². The standard InChI is InChI=1S/C18H22Cl2N2O4S/c1-12(23)18(21-10-9-13-7-8-14(19)15(20)11-13)26-17-6-4-3-5-16(17)22-27(2,24)25/h3-8,11-12,18,21-23H,9-10H2,1-2H3. The van der Waals surface area contributed by atoms with Gasteiger partial charge >= 0.3 is 0 Å². The van der Waals surface area contributed by atoms with Crippen molar-refractivity contribution in [3.8, 4) is 5.75 Å². The fraction of sp³-hybridized carbons (Fsp3) is 0.333. The predicted molar refractivity (Wildman–Crippen MR) is 109 cm³/mol. The summed E-state index contributed by atoms with van der Waals surface area (Å²) >= 11 is 11.9. The molecule has 0 bridgehead atoms. The fourth-order valence-electron chi connectivity index (χ4n) is 2.35. The van der Waals surface area contributed by atoms with Gasteiger partial charge in [-0.05, 0) is 43.2 Å². The fourth-order valence-corrected chi connectivity index (χ4v) is 3.24. The lowest BCUT2D eigenvalue weighted by Crippen LogP contribution is -2.44. The molecular formula is C18H22Cl2N2O4S. The number of para-hydroxylation sites is 2. The van der Waals surface area contributed by atoms with Crippen molar-refractivity contribution >= 4 is 38.9 Å². The number of ether oxygens (including phenoxy) is 1. The zero-order valence-corrected chi connectivity index (χ0v) is 17.3. The van der Waals surface area contributed by atoms with Crippen LogP contribution in [0.25, 0.3) is 0 Å². The van der Waals surface area contributed by atoms with Crippen LogP contribution in [-0.4, -0.2) is 38.7 Å². The Morgan fingerprint density at radius 1 is 1.15 bits per heavy atom. The number of hydrogen-bond donors (Lipinski definition) is 3. The number of rotatable bonds is 9. The zero-order chi connectivity index (χ0) is 20.0. The van der Waals surface area contributed by atoms with Gasteiger partial charge in [-0.2, -0.15) is 0 Å². The van der Waals surface area contributed by atoms with Crippen molar-refractivity contribution in [2.75, 3.05) is 17.5 Å². The molecule has 2 unspecified atom stereocenters. The summed E-state index contributed by atoms with van der Waals surface area (Å²) < 4.78 is 31.2. The molecule has 2 aromatic rings. The first kappa shape index (κ1) is 21.8. The van der Waals surface area contributed by atoms with E-state index in [1.165, 1.54) is 0 Å². The highest BCUT2D eigenvalue weighted by molar-refractivity contribution is 7.92. The summed E-state index contributed by atoms with van der Waals surface area (Å²) in [6.07, 6.45) is 0.151. The Hall–Kier alpha value is -1.51. The third-order valence-electron chi connectivity index (χ3n) is 3.62. The Labute approximate surface area is 169 Å². The molecule has 6 nitrogen and oxygen atoms in total. The van der Waals surface area contributed by atoms with Gasteiger partial charge in [0.1, 0.15) is 11.9 Å². The molecule has 0 amide bonds. The minimum absolute atomic E-state index is 0.303. The molecule has 2 atom stereocenters. The SMILES string of the molecule is CC(O)C(NCCc1ccc(Cl)c(Cl)c1)Oc1ccccc1NS(C)(=O)=O. The maximum atomic E-state index is 11.5. The first-order valence-electron chi connectivity index (χ1n) is 8.24. The Kier molecular flexibility index (Phi) is 7.76.